The van der Waals surface area contributed by atoms with Crippen molar-refractivity contribution in [2.75, 3.05) is 31.2 Å². The number of hydrogen-bond donors (Lipinski definition) is 1. The first-order valence-corrected chi connectivity index (χ1v) is 15.1. The normalized spacial score (nSPS) is 23.4. The van der Waals surface area contributed by atoms with Crippen molar-refractivity contribution in [2.45, 2.75) is 63.7 Å². The highest BCUT2D eigenvalue weighted by molar-refractivity contribution is 7.88. The molecule has 1 atom stereocenters. The predicted octanol–water partition coefficient (Wildman–Crippen LogP) is 4.55. The van der Waals surface area contributed by atoms with Crippen molar-refractivity contribution in [3.8, 4) is 10.6 Å². The summed E-state index contributed by atoms with van der Waals surface area (Å²) >= 11 is 1.23. The maximum absolute atomic E-state index is 14.0. The number of amides is 1. The average molecular weight is 558 g/mol. The minimum Gasteiger partial charge on any atom is -0.351 e. The fraction of sp³-hybridized carbons (Fsp3) is 0.625. The van der Waals surface area contributed by atoms with E-state index in [0.29, 0.717) is 42.9 Å². The van der Waals surface area contributed by atoms with Crippen molar-refractivity contribution in [1.82, 2.24) is 19.2 Å². The van der Waals surface area contributed by atoms with Gasteiger partial charge in [-0.2, -0.15) is 13.2 Å². The number of alkyl halides is 3. The number of fused-ring (bicyclic) bond motifs is 3. The SMILES string of the molecule is CC(C)[C@@]12CCCCN1C(=O)c1cc(-c3nc(NC4CCN(S(C)(=O)=O)CC4)ncc3C(F)(F)F)sc12. The zero-order chi connectivity index (χ0) is 26.8. The molecule has 0 aliphatic carbocycles. The smallest absolute Gasteiger partial charge is 0.351 e. The van der Waals surface area contributed by atoms with Crippen molar-refractivity contribution in [3.05, 3.63) is 28.3 Å². The van der Waals surface area contributed by atoms with Crippen molar-refractivity contribution in [1.29, 1.82) is 0 Å². The Morgan fingerprint density at radius 2 is 1.89 bits per heavy atom. The van der Waals surface area contributed by atoms with Crippen LogP contribution in [0.3, 0.4) is 0 Å². The third-order valence-electron chi connectivity index (χ3n) is 7.81. The lowest BCUT2D eigenvalue weighted by Crippen LogP contribution is -2.50. The van der Waals surface area contributed by atoms with Crippen molar-refractivity contribution >= 4 is 33.2 Å². The van der Waals surface area contributed by atoms with Crippen LogP contribution < -0.4 is 5.32 Å². The van der Waals surface area contributed by atoms with E-state index in [1.807, 2.05) is 4.90 Å². The standard InChI is InChI=1S/C24H30F3N5O3S2/c1-14(2)23-8-4-5-9-32(23)21(33)16-12-18(36-20(16)23)19-17(24(25,26)27)13-28-22(30-19)29-15-6-10-31(11-7-15)37(3,34)35/h12-15H,4-11H2,1-3H3,(H,28,29,30)/t23-/m1/s1. The van der Waals surface area contributed by atoms with Gasteiger partial charge in [0.25, 0.3) is 5.91 Å². The Kier molecular flexibility index (Phi) is 6.55. The molecule has 0 bridgehead atoms. The molecule has 0 saturated carbocycles. The molecule has 5 heterocycles. The number of piperidine rings is 2. The van der Waals surface area contributed by atoms with Gasteiger partial charge in [0.15, 0.2) is 0 Å². The summed E-state index contributed by atoms with van der Waals surface area (Å²) in [6.07, 6.45) is 0.923. The number of nitrogens with one attached hydrogen (secondary N) is 1. The van der Waals surface area contributed by atoms with Crippen LogP contribution in [0.25, 0.3) is 10.6 Å². The molecule has 2 aromatic heterocycles. The first kappa shape index (κ1) is 26.4. The Labute approximate surface area is 218 Å². The number of hydrogen-bond acceptors (Lipinski definition) is 7. The number of carbonyl (C=O) groups is 1. The predicted molar refractivity (Wildman–Crippen MR) is 135 cm³/mol. The summed E-state index contributed by atoms with van der Waals surface area (Å²) in [5.74, 6) is 0.0510. The van der Waals surface area contributed by atoms with E-state index in [2.05, 4.69) is 29.1 Å². The van der Waals surface area contributed by atoms with Gasteiger partial charge in [-0.15, -0.1) is 11.3 Å². The van der Waals surface area contributed by atoms with Gasteiger partial charge in [-0.25, -0.2) is 22.7 Å². The van der Waals surface area contributed by atoms with Gasteiger partial charge in [-0.05, 0) is 44.1 Å². The highest BCUT2D eigenvalue weighted by atomic mass is 32.2. The number of aromatic nitrogens is 2. The van der Waals surface area contributed by atoms with E-state index < -0.39 is 27.3 Å². The van der Waals surface area contributed by atoms with Crippen molar-refractivity contribution in [2.24, 2.45) is 5.92 Å². The Bertz CT molecular complexity index is 1320. The van der Waals surface area contributed by atoms with Gasteiger partial charge >= 0.3 is 6.18 Å². The molecule has 0 aromatic carbocycles. The first-order chi connectivity index (χ1) is 17.3. The molecule has 37 heavy (non-hydrogen) atoms. The number of rotatable bonds is 5. The highest BCUT2D eigenvalue weighted by Crippen LogP contribution is 2.54. The molecule has 202 valence electrons. The molecule has 2 saturated heterocycles. The molecule has 1 amide bonds. The van der Waals surface area contributed by atoms with Crippen LogP contribution in [0.5, 0.6) is 0 Å². The van der Waals surface area contributed by atoms with E-state index in [9.17, 15) is 26.4 Å². The zero-order valence-electron chi connectivity index (χ0n) is 20.9. The quantitative estimate of drug-likeness (QED) is 0.580. The maximum Gasteiger partial charge on any atom is 0.420 e. The van der Waals surface area contributed by atoms with Crippen molar-refractivity contribution in [3.63, 3.8) is 0 Å². The molecule has 13 heteroatoms. The van der Waals surface area contributed by atoms with Crippen LogP contribution >= 0.6 is 11.3 Å². The molecule has 1 N–H and O–H groups in total. The summed E-state index contributed by atoms with van der Waals surface area (Å²) in [6, 6.07) is 1.40. The van der Waals surface area contributed by atoms with Crippen LogP contribution in [-0.4, -0.2) is 65.4 Å². The van der Waals surface area contributed by atoms with Crippen LogP contribution in [-0.2, 0) is 21.7 Å². The van der Waals surface area contributed by atoms with Crippen LogP contribution in [0.15, 0.2) is 12.3 Å². The lowest BCUT2D eigenvalue weighted by molar-refractivity contribution is -0.137. The fourth-order valence-corrected chi connectivity index (χ4v) is 8.28. The van der Waals surface area contributed by atoms with Gasteiger partial charge in [0.2, 0.25) is 16.0 Å². The summed E-state index contributed by atoms with van der Waals surface area (Å²) in [4.78, 5) is 24.6. The Balaban J connectivity index is 1.49. The van der Waals surface area contributed by atoms with E-state index in [4.69, 9.17) is 0 Å². The fourth-order valence-electron chi connectivity index (χ4n) is 5.87. The number of carbonyl (C=O) groups excluding carboxylic acids is 1. The van der Waals surface area contributed by atoms with Crippen molar-refractivity contribution < 1.29 is 26.4 Å². The number of halogens is 3. The van der Waals surface area contributed by atoms with Gasteiger partial charge in [0, 0.05) is 36.8 Å². The maximum atomic E-state index is 14.0. The second-order valence-corrected chi connectivity index (χ2v) is 13.4. The lowest BCUT2D eigenvalue weighted by atomic mass is 9.78. The third-order valence-corrected chi connectivity index (χ3v) is 10.4. The summed E-state index contributed by atoms with van der Waals surface area (Å²) < 4.78 is 66.9. The van der Waals surface area contributed by atoms with Crippen LogP contribution in [0.1, 0.15) is 66.8 Å². The van der Waals surface area contributed by atoms with E-state index >= 15 is 0 Å². The molecule has 0 spiro atoms. The number of thiophene rings is 1. The first-order valence-electron chi connectivity index (χ1n) is 12.4. The van der Waals surface area contributed by atoms with Crippen LogP contribution in [0.2, 0.25) is 0 Å². The molecule has 3 aliphatic rings. The van der Waals surface area contributed by atoms with E-state index in [1.165, 1.54) is 15.6 Å². The average Bonchev–Trinajstić information content (AvgIpc) is 3.37. The zero-order valence-corrected chi connectivity index (χ0v) is 22.6. The second kappa shape index (κ2) is 9.19. The van der Waals surface area contributed by atoms with E-state index in [0.717, 1.165) is 36.6 Å². The lowest BCUT2D eigenvalue weighted by Gasteiger charge is -2.45. The molecule has 2 aromatic rings. The largest absolute Gasteiger partial charge is 0.420 e. The summed E-state index contributed by atoms with van der Waals surface area (Å²) in [7, 11) is -3.29. The third kappa shape index (κ3) is 4.52. The highest BCUT2D eigenvalue weighted by Gasteiger charge is 2.54. The van der Waals surface area contributed by atoms with Gasteiger partial charge in [0.1, 0.15) is 5.56 Å². The summed E-state index contributed by atoms with van der Waals surface area (Å²) in [5, 5.41) is 3.09. The van der Waals surface area contributed by atoms with Gasteiger partial charge < -0.3 is 10.2 Å². The summed E-state index contributed by atoms with van der Waals surface area (Å²) in [5.41, 5.74) is -1.21. The van der Waals surface area contributed by atoms with Crippen LogP contribution in [0.4, 0.5) is 19.1 Å². The molecule has 0 unspecified atom stereocenters. The number of nitrogens with zero attached hydrogens (tertiary/aromatic N) is 4. The van der Waals surface area contributed by atoms with Gasteiger partial charge in [-0.3, -0.25) is 4.79 Å². The van der Waals surface area contributed by atoms with Crippen LogP contribution in [0, 0.1) is 5.92 Å². The number of anilines is 1. The topological polar surface area (TPSA) is 95.5 Å². The van der Waals surface area contributed by atoms with Gasteiger partial charge in [0.05, 0.1) is 27.9 Å². The Morgan fingerprint density at radius 1 is 1.19 bits per heavy atom. The molecule has 0 radical (unpaired) electrons. The van der Waals surface area contributed by atoms with Gasteiger partial charge in [-0.1, -0.05) is 13.8 Å². The minimum atomic E-state index is -4.67. The van der Waals surface area contributed by atoms with E-state index in [1.54, 1.807) is 6.07 Å². The Morgan fingerprint density at radius 3 is 2.51 bits per heavy atom. The molecule has 5 rings (SSSR count). The Hall–Kier alpha value is -2.25. The molecule has 3 aliphatic heterocycles. The number of sulfonamides is 1. The second-order valence-electron chi connectivity index (χ2n) is 10.4. The molecule has 8 nitrogen and oxygen atoms in total. The van der Waals surface area contributed by atoms with E-state index in [-0.39, 0.29) is 29.5 Å². The molecular weight excluding hydrogens is 527 g/mol. The summed E-state index contributed by atoms with van der Waals surface area (Å²) in [6.45, 7) is 5.41. The monoisotopic (exact) mass is 557 g/mol. The molecule has 2 fully saturated rings. The minimum absolute atomic E-state index is 0.0542. The molecular formula is C24H30F3N5O3S2.